The van der Waals surface area contributed by atoms with Crippen LogP contribution in [0.2, 0.25) is 0 Å². The predicted molar refractivity (Wildman–Crippen MR) is 86.6 cm³/mol. The van der Waals surface area contributed by atoms with Gasteiger partial charge in [0.25, 0.3) is 0 Å². The van der Waals surface area contributed by atoms with E-state index in [0.717, 1.165) is 25.8 Å². The standard InChI is InChI=1S/C9H16O2.C8H15NO2/c1-2-11-9(10)8-6-4-3-5-7-8;1-2-3-11-8-4-7(6-10)9-5-8/h8H,2-7H2,1H3;2,7-10H,1,3-6H2. The first kappa shape index (κ1) is 19.1. The van der Waals surface area contributed by atoms with E-state index in [1.54, 1.807) is 6.08 Å². The molecule has 1 saturated heterocycles. The highest BCUT2D eigenvalue weighted by Crippen LogP contribution is 2.24. The third-order valence-electron chi connectivity index (χ3n) is 4.08. The zero-order valence-electron chi connectivity index (χ0n) is 13.8. The van der Waals surface area contributed by atoms with E-state index in [0.29, 0.717) is 13.2 Å². The van der Waals surface area contributed by atoms with Crippen LogP contribution in [-0.2, 0) is 14.3 Å². The van der Waals surface area contributed by atoms with Crippen molar-refractivity contribution in [3.05, 3.63) is 12.7 Å². The molecular weight excluding hydrogens is 282 g/mol. The third kappa shape index (κ3) is 7.38. The molecule has 0 aromatic rings. The minimum Gasteiger partial charge on any atom is -0.466 e. The first-order chi connectivity index (χ1) is 10.7. The summed E-state index contributed by atoms with van der Waals surface area (Å²) in [6, 6.07) is 0.227. The number of hydrogen-bond donors (Lipinski definition) is 2. The first-order valence-corrected chi connectivity index (χ1v) is 8.44. The molecule has 2 aliphatic rings. The Labute approximate surface area is 134 Å². The van der Waals surface area contributed by atoms with Gasteiger partial charge in [-0.2, -0.15) is 0 Å². The summed E-state index contributed by atoms with van der Waals surface area (Å²) in [4.78, 5) is 11.2. The number of carbonyl (C=O) groups excluding carboxylic acids is 1. The normalized spacial score (nSPS) is 25.2. The van der Waals surface area contributed by atoms with Crippen molar-refractivity contribution in [3.63, 3.8) is 0 Å². The van der Waals surface area contributed by atoms with Crippen LogP contribution in [0.4, 0.5) is 0 Å². The molecule has 0 radical (unpaired) electrons. The van der Waals surface area contributed by atoms with Crippen LogP contribution in [0.5, 0.6) is 0 Å². The molecule has 1 heterocycles. The van der Waals surface area contributed by atoms with E-state index in [9.17, 15) is 4.79 Å². The minimum absolute atomic E-state index is 0.0206. The maximum atomic E-state index is 11.2. The maximum Gasteiger partial charge on any atom is 0.308 e. The van der Waals surface area contributed by atoms with Gasteiger partial charge in [-0.15, -0.1) is 6.58 Å². The van der Waals surface area contributed by atoms with E-state index in [4.69, 9.17) is 14.6 Å². The summed E-state index contributed by atoms with van der Waals surface area (Å²) in [6.07, 6.45) is 8.67. The molecule has 1 aliphatic heterocycles. The van der Waals surface area contributed by atoms with E-state index in [1.807, 2.05) is 6.92 Å². The van der Waals surface area contributed by atoms with Crippen molar-refractivity contribution in [2.75, 3.05) is 26.4 Å². The Morgan fingerprint density at radius 1 is 1.36 bits per heavy atom. The molecule has 0 aromatic carbocycles. The van der Waals surface area contributed by atoms with E-state index in [2.05, 4.69) is 11.9 Å². The minimum atomic E-state index is 0.0206. The van der Waals surface area contributed by atoms with Crippen molar-refractivity contribution < 1.29 is 19.4 Å². The van der Waals surface area contributed by atoms with Crippen molar-refractivity contribution in [2.24, 2.45) is 5.92 Å². The fraction of sp³-hybridized carbons (Fsp3) is 0.824. The number of rotatable bonds is 6. The van der Waals surface area contributed by atoms with Crippen molar-refractivity contribution in [2.45, 2.75) is 57.6 Å². The summed E-state index contributed by atoms with van der Waals surface area (Å²) < 4.78 is 10.3. The molecule has 0 spiro atoms. The summed E-state index contributed by atoms with van der Waals surface area (Å²) in [5.74, 6) is 0.232. The summed E-state index contributed by atoms with van der Waals surface area (Å²) in [7, 11) is 0. The van der Waals surface area contributed by atoms with Crippen LogP contribution in [0.25, 0.3) is 0 Å². The lowest BCUT2D eigenvalue weighted by Crippen LogP contribution is -2.24. The highest BCUT2D eigenvalue weighted by atomic mass is 16.5. The van der Waals surface area contributed by atoms with E-state index in [-0.39, 0.29) is 30.6 Å². The summed E-state index contributed by atoms with van der Waals surface area (Å²) in [5, 5.41) is 11.9. The van der Waals surface area contributed by atoms with Gasteiger partial charge >= 0.3 is 5.97 Å². The number of aliphatic hydroxyl groups is 1. The molecule has 2 rings (SSSR count). The van der Waals surface area contributed by atoms with Gasteiger partial charge in [0.2, 0.25) is 0 Å². The molecule has 5 nitrogen and oxygen atoms in total. The van der Waals surface area contributed by atoms with E-state index >= 15 is 0 Å². The van der Waals surface area contributed by atoms with Crippen LogP contribution < -0.4 is 5.32 Å². The van der Waals surface area contributed by atoms with Gasteiger partial charge in [-0.3, -0.25) is 4.79 Å². The van der Waals surface area contributed by atoms with Gasteiger partial charge < -0.3 is 19.9 Å². The monoisotopic (exact) mass is 313 g/mol. The number of carbonyl (C=O) groups is 1. The van der Waals surface area contributed by atoms with Gasteiger partial charge in [0, 0.05) is 12.6 Å². The summed E-state index contributed by atoms with van der Waals surface area (Å²) in [6.45, 7) is 7.60. The Hall–Kier alpha value is -0.910. The SMILES string of the molecule is C=CCOC1CNC(CO)C1.CCOC(=O)C1CCCCC1. The maximum absolute atomic E-state index is 11.2. The van der Waals surface area contributed by atoms with Gasteiger partial charge in [-0.25, -0.2) is 0 Å². The average molecular weight is 313 g/mol. The van der Waals surface area contributed by atoms with Crippen LogP contribution in [-0.4, -0.2) is 49.6 Å². The van der Waals surface area contributed by atoms with Gasteiger partial charge in [0.15, 0.2) is 0 Å². The third-order valence-corrected chi connectivity index (χ3v) is 4.08. The number of ether oxygens (including phenoxy) is 2. The second kappa shape index (κ2) is 11.6. The zero-order valence-corrected chi connectivity index (χ0v) is 13.8. The largest absolute Gasteiger partial charge is 0.466 e. The summed E-state index contributed by atoms with van der Waals surface area (Å²) in [5.41, 5.74) is 0. The number of esters is 1. The molecule has 1 saturated carbocycles. The van der Waals surface area contributed by atoms with Gasteiger partial charge in [0.05, 0.1) is 31.8 Å². The highest BCUT2D eigenvalue weighted by Gasteiger charge is 2.23. The van der Waals surface area contributed by atoms with Crippen molar-refractivity contribution in [1.29, 1.82) is 0 Å². The smallest absolute Gasteiger partial charge is 0.308 e. The predicted octanol–water partition coefficient (Wildman–Crippen LogP) is 2.04. The molecular formula is C17H31NO4. The highest BCUT2D eigenvalue weighted by molar-refractivity contribution is 5.72. The van der Waals surface area contributed by atoms with Gasteiger partial charge in [-0.1, -0.05) is 25.3 Å². The van der Waals surface area contributed by atoms with Crippen molar-refractivity contribution in [1.82, 2.24) is 5.32 Å². The first-order valence-electron chi connectivity index (χ1n) is 8.44. The molecule has 22 heavy (non-hydrogen) atoms. The molecule has 2 unspecified atom stereocenters. The molecule has 5 heteroatoms. The Balaban J connectivity index is 0.000000220. The lowest BCUT2D eigenvalue weighted by molar-refractivity contribution is -0.149. The molecule has 2 atom stereocenters. The van der Waals surface area contributed by atoms with Crippen LogP contribution in [0.15, 0.2) is 12.7 Å². The van der Waals surface area contributed by atoms with E-state index in [1.165, 1.54) is 19.3 Å². The molecule has 2 N–H and O–H groups in total. The molecule has 0 aromatic heterocycles. The lowest BCUT2D eigenvalue weighted by Gasteiger charge is -2.19. The topological polar surface area (TPSA) is 67.8 Å². The number of nitrogens with one attached hydrogen (secondary N) is 1. The lowest BCUT2D eigenvalue weighted by atomic mass is 9.89. The van der Waals surface area contributed by atoms with Crippen LogP contribution in [0.3, 0.4) is 0 Å². The van der Waals surface area contributed by atoms with Crippen LogP contribution >= 0.6 is 0 Å². The Morgan fingerprint density at radius 3 is 2.64 bits per heavy atom. The molecule has 2 fully saturated rings. The fourth-order valence-electron chi connectivity index (χ4n) is 2.85. The van der Waals surface area contributed by atoms with Gasteiger partial charge in [-0.05, 0) is 26.2 Å². The van der Waals surface area contributed by atoms with E-state index < -0.39 is 0 Å². The van der Waals surface area contributed by atoms with Crippen molar-refractivity contribution >= 4 is 5.97 Å². The average Bonchev–Trinajstić information content (AvgIpc) is 3.02. The molecule has 0 bridgehead atoms. The Morgan fingerprint density at radius 2 is 2.09 bits per heavy atom. The Kier molecular flexibility index (Phi) is 10.1. The Bertz CT molecular complexity index is 316. The van der Waals surface area contributed by atoms with Crippen molar-refractivity contribution in [3.8, 4) is 0 Å². The van der Waals surface area contributed by atoms with Crippen LogP contribution in [0.1, 0.15) is 45.4 Å². The molecule has 0 amide bonds. The number of hydrogen-bond acceptors (Lipinski definition) is 5. The van der Waals surface area contributed by atoms with Gasteiger partial charge in [0.1, 0.15) is 0 Å². The summed E-state index contributed by atoms with van der Waals surface area (Å²) >= 11 is 0. The second-order valence-electron chi connectivity index (χ2n) is 5.85. The second-order valence-corrected chi connectivity index (χ2v) is 5.85. The number of aliphatic hydroxyl groups excluding tert-OH is 1. The molecule has 1 aliphatic carbocycles. The molecule has 128 valence electrons. The fourth-order valence-corrected chi connectivity index (χ4v) is 2.85. The quantitative estimate of drug-likeness (QED) is 0.580. The van der Waals surface area contributed by atoms with Crippen LogP contribution in [0, 0.1) is 5.92 Å². The zero-order chi connectivity index (χ0) is 16.2.